The number of carboxylic acid groups (broad SMARTS) is 1. The third-order valence-electron chi connectivity index (χ3n) is 6.37. The fourth-order valence-electron chi connectivity index (χ4n) is 4.60. The van der Waals surface area contributed by atoms with Gasteiger partial charge in [0, 0.05) is 38.9 Å². The summed E-state index contributed by atoms with van der Waals surface area (Å²) >= 11 is 0. The standard InChI is InChI=1S/C24H34N2O4/c1-24(2,3)19-6-5-16-7-9-25-21(20(16)13-19)11-18-14-26(22(27)15-30-4)10-8-17(18)12-23(28)29/h5-6,13,17-18H,7-12,14-15H2,1-4H3,(H,28,29)/t17-,18-/m0/s1. The van der Waals surface area contributed by atoms with Crippen molar-refractivity contribution in [2.45, 2.75) is 51.9 Å². The molecule has 164 valence electrons. The molecular weight excluding hydrogens is 380 g/mol. The average molecular weight is 415 g/mol. The SMILES string of the molecule is COCC(=O)N1CC[C@@H](CC(=O)O)[C@@H](CC2=NCCc3ccc(C(C)(C)C)cc32)C1. The fourth-order valence-corrected chi connectivity index (χ4v) is 4.60. The van der Waals surface area contributed by atoms with Crippen LogP contribution in [-0.4, -0.2) is 60.9 Å². The molecule has 0 unspecified atom stereocenters. The van der Waals surface area contributed by atoms with Gasteiger partial charge in [-0.25, -0.2) is 0 Å². The quantitative estimate of drug-likeness (QED) is 0.775. The zero-order chi connectivity index (χ0) is 21.9. The van der Waals surface area contributed by atoms with Gasteiger partial charge in [0.2, 0.25) is 5.91 Å². The van der Waals surface area contributed by atoms with Gasteiger partial charge in [-0.2, -0.15) is 0 Å². The van der Waals surface area contributed by atoms with Crippen molar-refractivity contribution in [3.8, 4) is 0 Å². The first-order valence-electron chi connectivity index (χ1n) is 10.8. The van der Waals surface area contributed by atoms with Crippen LogP contribution in [0.5, 0.6) is 0 Å². The maximum absolute atomic E-state index is 12.4. The van der Waals surface area contributed by atoms with Crippen LogP contribution in [0.15, 0.2) is 23.2 Å². The van der Waals surface area contributed by atoms with Gasteiger partial charge in [-0.1, -0.05) is 32.9 Å². The number of piperidine rings is 1. The summed E-state index contributed by atoms with van der Waals surface area (Å²) in [5.74, 6) is -0.674. The number of rotatable bonds is 6. The number of nitrogens with zero attached hydrogens (tertiary/aromatic N) is 2. The molecule has 6 nitrogen and oxygen atoms in total. The van der Waals surface area contributed by atoms with Gasteiger partial charge in [-0.3, -0.25) is 14.6 Å². The largest absolute Gasteiger partial charge is 0.481 e. The summed E-state index contributed by atoms with van der Waals surface area (Å²) < 4.78 is 5.02. The normalized spacial score (nSPS) is 21.7. The molecule has 3 rings (SSSR count). The Hall–Kier alpha value is -2.21. The predicted octanol–water partition coefficient (Wildman–Crippen LogP) is 3.31. The van der Waals surface area contributed by atoms with Gasteiger partial charge in [0.15, 0.2) is 0 Å². The molecule has 6 heteroatoms. The number of aliphatic imine (C=N–C) groups is 1. The van der Waals surface area contributed by atoms with Crippen LogP contribution in [0.1, 0.15) is 56.7 Å². The number of likely N-dealkylation sites (tertiary alicyclic amines) is 1. The Labute approximate surface area is 179 Å². The molecule has 0 saturated carbocycles. The van der Waals surface area contributed by atoms with Gasteiger partial charge in [0.05, 0.1) is 0 Å². The molecule has 0 radical (unpaired) electrons. The average Bonchev–Trinajstić information content (AvgIpc) is 2.68. The first-order chi connectivity index (χ1) is 14.2. The van der Waals surface area contributed by atoms with Crippen LogP contribution in [0.25, 0.3) is 0 Å². The highest BCUT2D eigenvalue weighted by molar-refractivity contribution is 6.03. The van der Waals surface area contributed by atoms with E-state index in [4.69, 9.17) is 9.73 Å². The van der Waals surface area contributed by atoms with Crippen molar-refractivity contribution in [3.05, 3.63) is 34.9 Å². The van der Waals surface area contributed by atoms with Crippen molar-refractivity contribution < 1.29 is 19.4 Å². The van der Waals surface area contributed by atoms with Gasteiger partial charge < -0.3 is 14.7 Å². The Morgan fingerprint density at radius 3 is 2.70 bits per heavy atom. The topological polar surface area (TPSA) is 79.2 Å². The van der Waals surface area contributed by atoms with E-state index in [0.29, 0.717) is 25.9 Å². The summed E-state index contributed by atoms with van der Waals surface area (Å²) in [5, 5.41) is 9.40. The molecule has 1 aromatic rings. The summed E-state index contributed by atoms with van der Waals surface area (Å²) in [7, 11) is 1.52. The van der Waals surface area contributed by atoms with E-state index in [2.05, 4.69) is 39.0 Å². The minimum Gasteiger partial charge on any atom is -0.481 e. The van der Waals surface area contributed by atoms with Crippen LogP contribution in [0, 0.1) is 11.8 Å². The molecule has 1 aromatic carbocycles. The molecule has 1 N–H and O–H groups in total. The third-order valence-corrected chi connectivity index (χ3v) is 6.37. The molecule has 1 saturated heterocycles. The number of hydrogen-bond donors (Lipinski definition) is 1. The van der Waals surface area contributed by atoms with Crippen LogP contribution < -0.4 is 0 Å². The molecule has 2 atom stereocenters. The van der Waals surface area contributed by atoms with Crippen LogP contribution in [0.4, 0.5) is 0 Å². The van der Waals surface area contributed by atoms with E-state index in [1.165, 1.54) is 23.8 Å². The summed E-state index contributed by atoms with van der Waals surface area (Å²) in [6.45, 7) is 8.60. The van der Waals surface area contributed by atoms with Crippen molar-refractivity contribution >= 4 is 17.6 Å². The second-order valence-electron chi connectivity index (χ2n) is 9.58. The number of carbonyl (C=O) groups is 2. The molecule has 0 aromatic heterocycles. The van der Waals surface area contributed by atoms with Crippen molar-refractivity contribution in [3.63, 3.8) is 0 Å². The smallest absolute Gasteiger partial charge is 0.303 e. The van der Waals surface area contributed by atoms with Crippen LogP contribution in [-0.2, 0) is 26.2 Å². The van der Waals surface area contributed by atoms with E-state index in [-0.39, 0.29) is 36.2 Å². The van der Waals surface area contributed by atoms with Gasteiger partial charge in [0.25, 0.3) is 0 Å². The van der Waals surface area contributed by atoms with Gasteiger partial charge >= 0.3 is 5.97 Å². The zero-order valence-electron chi connectivity index (χ0n) is 18.6. The lowest BCUT2D eigenvalue weighted by molar-refractivity contribution is -0.140. The summed E-state index contributed by atoms with van der Waals surface area (Å²) in [5.41, 5.74) is 4.90. The first-order valence-corrected chi connectivity index (χ1v) is 10.8. The number of ether oxygens (including phenoxy) is 1. The molecule has 0 aliphatic carbocycles. The molecule has 30 heavy (non-hydrogen) atoms. The van der Waals surface area contributed by atoms with E-state index in [1.54, 1.807) is 0 Å². The molecule has 0 bridgehead atoms. The van der Waals surface area contributed by atoms with Crippen LogP contribution in [0.3, 0.4) is 0 Å². The fraction of sp³-hybridized carbons (Fsp3) is 0.625. The van der Waals surface area contributed by atoms with E-state index in [9.17, 15) is 14.7 Å². The minimum atomic E-state index is -0.775. The molecular formula is C24H34N2O4. The highest BCUT2D eigenvalue weighted by Crippen LogP contribution is 2.33. The first kappa shape index (κ1) is 22.5. The lowest BCUT2D eigenvalue weighted by atomic mass is 9.77. The predicted molar refractivity (Wildman–Crippen MR) is 117 cm³/mol. The Kier molecular flexibility index (Phi) is 6.96. The van der Waals surface area contributed by atoms with Gasteiger partial charge in [-0.15, -0.1) is 0 Å². The summed E-state index contributed by atoms with van der Waals surface area (Å²) in [4.78, 5) is 30.5. The van der Waals surface area contributed by atoms with Gasteiger partial charge in [-0.05, 0) is 59.3 Å². The van der Waals surface area contributed by atoms with E-state index >= 15 is 0 Å². The van der Waals surface area contributed by atoms with E-state index in [1.807, 2.05) is 4.90 Å². The van der Waals surface area contributed by atoms with E-state index < -0.39 is 5.97 Å². The molecule has 2 aliphatic rings. The minimum absolute atomic E-state index is 0.0303. The molecule has 0 spiro atoms. The van der Waals surface area contributed by atoms with Crippen molar-refractivity contribution in [1.29, 1.82) is 0 Å². The van der Waals surface area contributed by atoms with Crippen LogP contribution in [0.2, 0.25) is 0 Å². The number of amides is 1. The van der Waals surface area contributed by atoms with Crippen LogP contribution >= 0.6 is 0 Å². The number of carboxylic acids is 1. The number of fused-ring (bicyclic) bond motifs is 1. The highest BCUT2D eigenvalue weighted by Gasteiger charge is 2.34. The lowest BCUT2D eigenvalue weighted by Crippen LogP contribution is -2.46. The second kappa shape index (κ2) is 9.29. The number of aliphatic carboxylic acids is 1. The monoisotopic (exact) mass is 414 g/mol. The second-order valence-corrected chi connectivity index (χ2v) is 9.58. The number of hydrogen-bond acceptors (Lipinski definition) is 4. The maximum atomic E-state index is 12.4. The Morgan fingerprint density at radius 2 is 2.03 bits per heavy atom. The molecule has 1 fully saturated rings. The molecule has 1 amide bonds. The molecule has 2 heterocycles. The Morgan fingerprint density at radius 1 is 1.27 bits per heavy atom. The number of methoxy groups -OCH3 is 1. The van der Waals surface area contributed by atoms with E-state index in [0.717, 1.165) is 18.7 Å². The summed E-state index contributed by atoms with van der Waals surface area (Å²) in [6, 6.07) is 6.69. The van der Waals surface area contributed by atoms with Gasteiger partial charge in [0.1, 0.15) is 6.61 Å². The maximum Gasteiger partial charge on any atom is 0.303 e. The summed E-state index contributed by atoms with van der Waals surface area (Å²) in [6.07, 6.45) is 2.48. The highest BCUT2D eigenvalue weighted by atomic mass is 16.5. The molecule has 2 aliphatic heterocycles. The number of carbonyl (C=O) groups excluding carboxylic acids is 1. The number of benzene rings is 1. The third kappa shape index (κ3) is 5.28. The van der Waals surface area contributed by atoms with Crippen molar-refractivity contribution in [1.82, 2.24) is 4.90 Å². The van der Waals surface area contributed by atoms with Crippen molar-refractivity contribution in [2.24, 2.45) is 16.8 Å². The zero-order valence-corrected chi connectivity index (χ0v) is 18.6. The Bertz CT molecular complexity index is 825. The Balaban J connectivity index is 1.85. The van der Waals surface area contributed by atoms with Crippen molar-refractivity contribution in [2.75, 3.05) is 33.4 Å². The lowest BCUT2D eigenvalue weighted by Gasteiger charge is -2.39.